The highest BCUT2D eigenvalue weighted by Gasteiger charge is 2.01. The van der Waals surface area contributed by atoms with Crippen molar-refractivity contribution in [1.82, 2.24) is 0 Å². The summed E-state index contributed by atoms with van der Waals surface area (Å²) in [6.45, 7) is 5.95. The Labute approximate surface area is 86.7 Å². The molecule has 0 aliphatic rings. The molecule has 0 heterocycles. The summed E-state index contributed by atoms with van der Waals surface area (Å²) in [5, 5.41) is 7.73. The maximum absolute atomic E-state index is 7.73. The smallest absolute Gasteiger partial charge is 0.00951 e. The molecule has 0 bridgehead atoms. The van der Waals surface area contributed by atoms with Gasteiger partial charge in [-0.2, -0.15) is 0 Å². The van der Waals surface area contributed by atoms with Gasteiger partial charge in [0, 0.05) is 5.71 Å². The summed E-state index contributed by atoms with van der Waals surface area (Å²) in [4.78, 5) is 0. The first-order valence-corrected chi connectivity index (χ1v) is 5.12. The standard InChI is InChI=1S/C13H18N/c1-11(2)10-13(14)9-8-12-6-4-3-5-7-12/h3-7,11,14H,1,8-10H2,2H3. The van der Waals surface area contributed by atoms with E-state index in [1.165, 1.54) is 5.56 Å². The van der Waals surface area contributed by atoms with E-state index in [9.17, 15) is 0 Å². The average molecular weight is 188 g/mol. The van der Waals surface area contributed by atoms with Gasteiger partial charge in [0.05, 0.1) is 0 Å². The fourth-order valence-electron chi connectivity index (χ4n) is 1.46. The largest absolute Gasteiger partial charge is 0.310 e. The van der Waals surface area contributed by atoms with Crippen LogP contribution in [0.15, 0.2) is 30.3 Å². The van der Waals surface area contributed by atoms with Gasteiger partial charge in [0.15, 0.2) is 0 Å². The van der Waals surface area contributed by atoms with E-state index in [1.54, 1.807) is 0 Å². The summed E-state index contributed by atoms with van der Waals surface area (Å²) >= 11 is 0. The summed E-state index contributed by atoms with van der Waals surface area (Å²) in [5.74, 6) is 0.360. The van der Waals surface area contributed by atoms with E-state index < -0.39 is 0 Å². The van der Waals surface area contributed by atoms with Crippen LogP contribution in [0.2, 0.25) is 0 Å². The van der Waals surface area contributed by atoms with E-state index in [2.05, 4.69) is 26.0 Å². The summed E-state index contributed by atoms with van der Waals surface area (Å²) < 4.78 is 0. The summed E-state index contributed by atoms with van der Waals surface area (Å²) in [7, 11) is 0. The van der Waals surface area contributed by atoms with E-state index in [0.717, 1.165) is 25.0 Å². The fraction of sp³-hybridized carbons (Fsp3) is 0.385. The van der Waals surface area contributed by atoms with Crippen molar-refractivity contribution in [3.63, 3.8) is 0 Å². The SMILES string of the molecule is [CH2]C(C)CC(=N)CCc1ccccc1. The predicted octanol–water partition coefficient (Wildman–Crippen LogP) is 3.50. The second-order valence-corrected chi connectivity index (χ2v) is 3.90. The fourth-order valence-corrected chi connectivity index (χ4v) is 1.46. The number of benzene rings is 1. The normalized spacial score (nSPS) is 10.5. The van der Waals surface area contributed by atoms with Crippen molar-refractivity contribution >= 4 is 5.71 Å². The van der Waals surface area contributed by atoms with Gasteiger partial charge in [-0.3, -0.25) is 0 Å². The molecular weight excluding hydrogens is 170 g/mol. The summed E-state index contributed by atoms with van der Waals surface area (Å²) in [5.41, 5.74) is 2.13. The van der Waals surface area contributed by atoms with Gasteiger partial charge >= 0.3 is 0 Å². The van der Waals surface area contributed by atoms with Crippen LogP contribution in [0.3, 0.4) is 0 Å². The molecule has 0 saturated heterocycles. The quantitative estimate of drug-likeness (QED) is 0.684. The lowest BCUT2D eigenvalue weighted by atomic mass is 10.0. The Morgan fingerprint density at radius 3 is 2.57 bits per heavy atom. The molecule has 75 valence electrons. The highest BCUT2D eigenvalue weighted by atomic mass is 14.4. The molecule has 1 aromatic carbocycles. The second kappa shape index (κ2) is 5.58. The van der Waals surface area contributed by atoms with E-state index in [-0.39, 0.29) is 0 Å². The van der Waals surface area contributed by atoms with Crippen molar-refractivity contribution in [3.05, 3.63) is 42.8 Å². The van der Waals surface area contributed by atoms with Crippen molar-refractivity contribution in [1.29, 1.82) is 5.41 Å². The molecule has 1 N–H and O–H groups in total. The molecule has 1 heteroatoms. The first-order valence-electron chi connectivity index (χ1n) is 5.12. The Balaban J connectivity index is 2.31. The third kappa shape index (κ3) is 4.22. The first-order chi connectivity index (χ1) is 6.68. The molecule has 0 saturated carbocycles. The van der Waals surface area contributed by atoms with Gasteiger partial charge in [0.2, 0.25) is 0 Å². The molecule has 1 nitrogen and oxygen atoms in total. The summed E-state index contributed by atoms with van der Waals surface area (Å²) in [6, 6.07) is 10.3. The molecular formula is C13H18N. The highest BCUT2D eigenvalue weighted by Crippen LogP contribution is 2.07. The van der Waals surface area contributed by atoms with Crippen LogP contribution in [0, 0.1) is 18.3 Å². The molecule has 1 unspecified atom stereocenters. The van der Waals surface area contributed by atoms with Crippen LogP contribution in [0.4, 0.5) is 0 Å². The number of hydrogen-bond acceptors (Lipinski definition) is 1. The van der Waals surface area contributed by atoms with Gasteiger partial charge in [0.25, 0.3) is 0 Å². The lowest BCUT2D eigenvalue weighted by molar-refractivity contribution is 0.747. The molecule has 0 aromatic heterocycles. The van der Waals surface area contributed by atoms with Crippen molar-refractivity contribution in [3.8, 4) is 0 Å². The lowest BCUT2D eigenvalue weighted by Gasteiger charge is -2.06. The third-order valence-electron chi connectivity index (χ3n) is 2.15. The molecule has 0 aliphatic carbocycles. The Kier molecular flexibility index (Phi) is 4.37. The molecule has 0 amide bonds. The minimum atomic E-state index is 0.360. The Morgan fingerprint density at radius 1 is 1.36 bits per heavy atom. The van der Waals surface area contributed by atoms with Crippen LogP contribution in [0.1, 0.15) is 25.3 Å². The van der Waals surface area contributed by atoms with Gasteiger partial charge in [-0.25, -0.2) is 0 Å². The predicted molar refractivity (Wildman–Crippen MR) is 61.6 cm³/mol. The van der Waals surface area contributed by atoms with Gasteiger partial charge < -0.3 is 5.41 Å². The zero-order valence-corrected chi connectivity index (χ0v) is 8.79. The molecule has 0 aliphatic heterocycles. The van der Waals surface area contributed by atoms with E-state index >= 15 is 0 Å². The van der Waals surface area contributed by atoms with Crippen LogP contribution in [0.5, 0.6) is 0 Å². The molecule has 0 fully saturated rings. The molecule has 1 radical (unpaired) electrons. The monoisotopic (exact) mass is 188 g/mol. The summed E-state index contributed by atoms with van der Waals surface area (Å²) in [6.07, 6.45) is 2.67. The maximum Gasteiger partial charge on any atom is 0.00951 e. The molecule has 14 heavy (non-hydrogen) atoms. The molecule has 0 spiro atoms. The van der Waals surface area contributed by atoms with Gasteiger partial charge in [0.1, 0.15) is 0 Å². The maximum atomic E-state index is 7.73. The Hall–Kier alpha value is -1.11. The highest BCUT2D eigenvalue weighted by molar-refractivity contribution is 5.81. The van der Waals surface area contributed by atoms with E-state index in [0.29, 0.717) is 5.92 Å². The topological polar surface area (TPSA) is 23.9 Å². The van der Waals surface area contributed by atoms with Crippen LogP contribution in [-0.2, 0) is 6.42 Å². The first kappa shape index (κ1) is 11.0. The minimum Gasteiger partial charge on any atom is -0.310 e. The molecule has 1 aromatic rings. The number of aryl methyl sites for hydroxylation is 1. The van der Waals surface area contributed by atoms with Crippen LogP contribution in [-0.4, -0.2) is 5.71 Å². The van der Waals surface area contributed by atoms with E-state index in [4.69, 9.17) is 5.41 Å². The van der Waals surface area contributed by atoms with Gasteiger partial charge in [-0.15, -0.1) is 0 Å². The Bertz CT molecular complexity index is 275. The van der Waals surface area contributed by atoms with Gasteiger partial charge in [-0.05, 0) is 30.7 Å². The zero-order valence-electron chi connectivity index (χ0n) is 8.79. The van der Waals surface area contributed by atoms with Crippen LogP contribution < -0.4 is 0 Å². The minimum absolute atomic E-state index is 0.360. The number of nitrogens with one attached hydrogen (secondary N) is 1. The lowest BCUT2D eigenvalue weighted by Crippen LogP contribution is -2.03. The molecule has 1 rings (SSSR count). The van der Waals surface area contributed by atoms with Crippen LogP contribution >= 0.6 is 0 Å². The number of hydrogen-bond donors (Lipinski definition) is 1. The van der Waals surface area contributed by atoms with Crippen molar-refractivity contribution in [2.24, 2.45) is 5.92 Å². The van der Waals surface area contributed by atoms with Gasteiger partial charge in [-0.1, -0.05) is 44.2 Å². The van der Waals surface area contributed by atoms with Crippen LogP contribution in [0.25, 0.3) is 0 Å². The van der Waals surface area contributed by atoms with Crippen molar-refractivity contribution in [2.75, 3.05) is 0 Å². The number of rotatable bonds is 5. The Morgan fingerprint density at radius 2 is 2.00 bits per heavy atom. The zero-order chi connectivity index (χ0) is 10.4. The average Bonchev–Trinajstić information content (AvgIpc) is 2.15. The van der Waals surface area contributed by atoms with Crippen molar-refractivity contribution < 1.29 is 0 Å². The second-order valence-electron chi connectivity index (χ2n) is 3.90. The third-order valence-corrected chi connectivity index (χ3v) is 2.15. The van der Waals surface area contributed by atoms with Crippen molar-refractivity contribution in [2.45, 2.75) is 26.2 Å². The van der Waals surface area contributed by atoms with E-state index in [1.807, 2.05) is 18.2 Å². The molecule has 1 atom stereocenters.